The molecule has 82 valence electrons. The maximum Gasteiger partial charge on any atom is 0.0729 e. The van der Waals surface area contributed by atoms with E-state index in [4.69, 9.17) is 10.5 Å². The molecule has 2 unspecified atom stereocenters. The van der Waals surface area contributed by atoms with Crippen LogP contribution < -0.4 is 5.73 Å². The minimum Gasteiger partial charge on any atom is -0.377 e. The minimum atomic E-state index is 0.238. The van der Waals surface area contributed by atoms with Crippen LogP contribution in [0.2, 0.25) is 0 Å². The van der Waals surface area contributed by atoms with Gasteiger partial charge in [0.1, 0.15) is 0 Å². The molecule has 0 radical (unpaired) electrons. The molecule has 0 bridgehead atoms. The Morgan fingerprint density at radius 3 is 2.80 bits per heavy atom. The number of hydrogen-bond acceptors (Lipinski definition) is 2. The second-order valence-corrected chi connectivity index (χ2v) is 4.24. The van der Waals surface area contributed by atoms with Gasteiger partial charge in [-0.05, 0) is 31.2 Å². The lowest BCUT2D eigenvalue weighted by molar-refractivity contribution is -0.00284. The van der Waals surface area contributed by atoms with Crippen molar-refractivity contribution in [2.75, 3.05) is 6.61 Å². The van der Waals surface area contributed by atoms with Crippen molar-refractivity contribution in [3.05, 3.63) is 35.9 Å². The summed E-state index contributed by atoms with van der Waals surface area (Å²) in [6.45, 7) is 0.882. The van der Waals surface area contributed by atoms with Gasteiger partial charge in [0.15, 0.2) is 0 Å². The zero-order chi connectivity index (χ0) is 10.5. The Balaban J connectivity index is 1.82. The standard InChI is InChI=1S/C13H19NO/c14-12-7-4-10-15-13(12)9-8-11-5-2-1-3-6-11/h1-3,5-6,12-13H,4,7-10,14H2. The molecule has 2 N–H and O–H groups in total. The molecule has 0 amide bonds. The molecule has 2 heteroatoms. The third kappa shape index (κ3) is 3.05. The van der Waals surface area contributed by atoms with Crippen LogP contribution in [0.4, 0.5) is 0 Å². The molecule has 1 fully saturated rings. The summed E-state index contributed by atoms with van der Waals surface area (Å²) in [5.41, 5.74) is 7.39. The van der Waals surface area contributed by atoms with Crippen molar-refractivity contribution in [2.45, 2.75) is 37.8 Å². The average Bonchev–Trinajstić information content (AvgIpc) is 2.29. The third-order valence-corrected chi connectivity index (χ3v) is 3.05. The summed E-state index contributed by atoms with van der Waals surface area (Å²) < 4.78 is 5.69. The van der Waals surface area contributed by atoms with E-state index in [1.807, 2.05) is 6.07 Å². The first-order valence-corrected chi connectivity index (χ1v) is 5.77. The first kappa shape index (κ1) is 10.7. The van der Waals surface area contributed by atoms with Crippen LogP contribution in [0.3, 0.4) is 0 Å². The van der Waals surface area contributed by atoms with Gasteiger partial charge in [-0.3, -0.25) is 0 Å². The van der Waals surface area contributed by atoms with Gasteiger partial charge in [-0.25, -0.2) is 0 Å². The molecule has 1 saturated heterocycles. The largest absolute Gasteiger partial charge is 0.377 e. The molecule has 1 aromatic rings. The predicted octanol–water partition coefficient (Wildman–Crippen LogP) is 2.13. The monoisotopic (exact) mass is 205 g/mol. The number of benzene rings is 1. The molecule has 0 aliphatic carbocycles. The van der Waals surface area contributed by atoms with Crippen molar-refractivity contribution >= 4 is 0 Å². The SMILES string of the molecule is NC1CCCOC1CCc1ccccc1. The van der Waals surface area contributed by atoms with E-state index in [-0.39, 0.29) is 12.1 Å². The zero-order valence-electron chi connectivity index (χ0n) is 9.06. The molecule has 1 heterocycles. The Bertz CT molecular complexity index is 286. The molecular weight excluding hydrogens is 186 g/mol. The van der Waals surface area contributed by atoms with Crippen molar-refractivity contribution in [3.63, 3.8) is 0 Å². The summed E-state index contributed by atoms with van der Waals surface area (Å²) in [5.74, 6) is 0. The van der Waals surface area contributed by atoms with E-state index < -0.39 is 0 Å². The molecule has 0 saturated carbocycles. The molecule has 1 aromatic carbocycles. The number of rotatable bonds is 3. The van der Waals surface area contributed by atoms with Gasteiger partial charge in [-0.1, -0.05) is 30.3 Å². The van der Waals surface area contributed by atoms with Gasteiger partial charge < -0.3 is 10.5 Å². The predicted molar refractivity (Wildman–Crippen MR) is 61.7 cm³/mol. The van der Waals surface area contributed by atoms with Crippen molar-refractivity contribution < 1.29 is 4.74 Å². The lowest BCUT2D eigenvalue weighted by atomic mass is 9.97. The summed E-state index contributed by atoms with van der Waals surface area (Å²) in [4.78, 5) is 0. The van der Waals surface area contributed by atoms with Gasteiger partial charge >= 0.3 is 0 Å². The van der Waals surface area contributed by atoms with Crippen LogP contribution in [0, 0.1) is 0 Å². The summed E-state index contributed by atoms with van der Waals surface area (Å²) >= 11 is 0. The first-order chi connectivity index (χ1) is 7.36. The molecular formula is C13H19NO. The van der Waals surface area contributed by atoms with Gasteiger partial charge in [0, 0.05) is 12.6 Å². The van der Waals surface area contributed by atoms with Gasteiger partial charge in [0.05, 0.1) is 6.10 Å². The van der Waals surface area contributed by atoms with E-state index >= 15 is 0 Å². The van der Waals surface area contributed by atoms with Gasteiger partial charge in [0.2, 0.25) is 0 Å². The van der Waals surface area contributed by atoms with E-state index in [0.29, 0.717) is 0 Å². The summed E-state index contributed by atoms with van der Waals surface area (Å²) in [6.07, 6.45) is 4.60. The van der Waals surface area contributed by atoms with Gasteiger partial charge in [0.25, 0.3) is 0 Å². The molecule has 2 nitrogen and oxygen atoms in total. The molecule has 0 spiro atoms. The average molecular weight is 205 g/mol. The quantitative estimate of drug-likeness (QED) is 0.820. The third-order valence-electron chi connectivity index (χ3n) is 3.05. The van der Waals surface area contributed by atoms with E-state index in [2.05, 4.69) is 24.3 Å². The summed E-state index contributed by atoms with van der Waals surface area (Å²) in [7, 11) is 0. The highest BCUT2D eigenvalue weighted by Crippen LogP contribution is 2.17. The molecule has 1 aliphatic rings. The van der Waals surface area contributed by atoms with Crippen LogP contribution in [0.25, 0.3) is 0 Å². The van der Waals surface area contributed by atoms with Crippen molar-refractivity contribution in [3.8, 4) is 0 Å². The van der Waals surface area contributed by atoms with E-state index in [1.165, 1.54) is 5.56 Å². The van der Waals surface area contributed by atoms with Gasteiger partial charge in [-0.2, -0.15) is 0 Å². The highest BCUT2D eigenvalue weighted by atomic mass is 16.5. The fraction of sp³-hybridized carbons (Fsp3) is 0.538. The van der Waals surface area contributed by atoms with Crippen LogP contribution in [0.5, 0.6) is 0 Å². The second kappa shape index (κ2) is 5.29. The van der Waals surface area contributed by atoms with E-state index in [9.17, 15) is 0 Å². The highest BCUT2D eigenvalue weighted by Gasteiger charge is 2.21. The fourth-order valence-electron chi connectivity index (χ4n) is 2.11. The topological polar surface area (TPSA) is 35.2 Å². The minimum absolute atomic E-state index is 0.238. The highest BCUT2D eigenvalue weighted by molar-refractivity contribution is 5.14. The molecule has 2 atom stereocenters. The van der Waals surface area contributed by atoms with Crippen LogP contribution in [-0.4, -0.2) is 18.8 Å². The Morgan fingerprint density at radius 2 is 2.07 bits per heavy atom. The van der Waals surface area contributed by atoms with E-state index in [0.717, 1.165) is 32.3 Å². The number of hydrogen-bond donors (Lipinski definition) is 1. The number of nitrogens with two attached hydrogens (primary N) is 1. The Morgan fingerprint density at radius 1 is 1.27 bits per heavy atom. The summed E-state index contributed by atoms with van der Waals surface area (Å²) in [5, 5.41) is 0. The van der Waals surface area contributed by atoms with Crippen molar-refractivity contribution in [1.82, 2.24) is 0 Å². The van der Waals surface area contributed by atoms with Crippen LogP contribution in [0.15, 0.2) is 30.3 Å². The van der Waals surface area contributed by atoms with E-state index in [1.54, 1.807) is 0 Å². The van der Waals surface area contributed by atoms with Crippen LogP contribution in [-0.2, 0) is 11.2 Å². The van der Waals surface area contributed by atoms with Crippen molar-refractivity contribution in [2.24, 2.45) is 5.73 Å². The molecule has 2 rings (SSSR count). The first-order valence-electron chi connectivity index (χ1n) is 5.77. The Hall–Kier alpha value is -0.860. The smallest absolute Gasteiger partial charge is 0.0729 e. The normalized spacial score (nSPS) is 26.5. The van der Waals surface area contributed by atoms with Gasteiger partial charge in [-0.15, -0.1) is 0 Å². The lowest BCUT2D eigenvalue weighted by Crippen LogP contribution is -2.40. The fourth-order valence-corrected chi connectivity index (χ4v) is 2.11. The molecule has 15 heavy (non-hydrogen) atoms. The Labute approximate surface area is 91.4 Å². The maximum absolute atomic E-state index is 6.02. The van der Waals surface area contributed by atoms with Crippen LogP contribution >= 0.6 is 0 Å². The number of ether oxygens (including phenoxy) is 1. The van der Waals surface area contributed by atoms with Crippen LogP contribution in [0.1, 0.15) is 24.8 Å². The summed E-state index contributed by atoms with van der Waals surface area (Å²) in [6, 6.07) is 10.8. The zero-order valence-corrected chi connectivity index (χ0v) is 9.06. The number of aryl methyl sites for hydroxylation is 1. The lowest BCUT2D eigenvalue weighted by Gasteiger charge is -2.28. The maximum atomic E-state index is 6.02. The Kier molecular flexibility index (Phi) is 3.75. The molecule has 0 aromatic heterocycles. The molecule has 1 aliphatic heterocycles. The second-order valence-electron chi connectivity index (χ2n) is 4.24. The van der Waals surface area contributed by atoms with Crippen molar-refractivity contribution in [1.29, 1.82) is 0 Å².